The zero-order valence-corrected chi connectivity index (χ0v) is 15.7. The number of hydrogen-bond donors (Lipinski definition) is 2. The van der Waals surface area contributed by atoms with Crippen molar-refractivity contribution in [3.8, 4) is 17.2 Å². The number of benzene rings is 2. The van der Waals surface area contributed by atoms with Crippen LogP contribution in [-0.4, -0.2) is 33.1 Å². The summed E-state index contributed by atoms with van der Waals surface area (Å²) in [6.07, 6.45) is 3.08. The monoisotopic (exact) mass is 370 g/mol. The van der Waals surface area contributed by atoms with Crippen molar-refractivity contribution in [2.75, 3.05) is 32.0 Å². The van der Waals surface area contributed by atoms with E-state index in [0.717, 1.165) is 5.56 Å². The topological polar surface area (TPSA) is 85.9 Å². The van der Waals surface area contributed by atoms with E-state index < -0.39 is 0 Å². The number of anilines is 2. The molecule has 2 amide bonds. The van der Waals surface area contributed by atoms with Crippen LogP contribution < -0.4 is 24.8 Å². The Morgan fingerprint density at radius 1 is 0.852 bits per heavy atom. The fraction of sp³-hybridized carbons (Fsp3) is 0.200. The molecule has 0 spiro atoms. The molecule has 2 N–H and O–H groups in total. The maximum atomic E-state index is 12.2. The van der Waals surface area contributed by atoms with Crippen molar-refractivity contribution in [3.05, 3.63) is 48.0 Å². The molecule has 0 saturated heterocycles. The Balaban J connectivity index is 2.09. The number of methoxy groups -OCH3 is 3. The van der Waals surface area contributed by atoms with Gasteiger partial charge < -0.3 is 24.8 Å². The average molecular weight is 370 g/mol. The number of amides is 2. The highest BCUT2D eigenvalue weighted by Crippen LogP contribution is 2.29. The van der Waals surface area contributed by atoms with Crippen LogP contribution in [0.4, 0.5) is 11.4 Å². The van der Waals surface area contributed by atoms with Crippen molar-refractivity contribution in [2.45, 2.75) is 6.92 Å². The predicted octanol–water partition coefficient (Wildman–Crippen LogP) is 3.32. The molecule has 0 aliphatic rings. The first-order valence-electron chi connectivity index (χ1n) is 8.13. The third-order valence-electron chi connectivity index (χ3n) is 3.61. The molecule has 2 aromatic rings. The Hall–Kier alpha value is -3.48. The van der Waals surface area contributed by atoms with Crippen LogP contribution in [0.3, 0.4) is 0 Å². The lowest BCUT2D eigenvalue weighted by molar-refractivity contribution is -0.114. The second-order valence-corrected chi connectivity index (χ2v) is 5.53. The van der Waals surface area contributed by atoms with Crippen LogP contribution >= 0.6 is 0 Å². The van der Waals surface area contributed by atoms with E-state index in [0.29, 0.717) is 28.6 Å². The first-order valence-corrected chi connectivity index (χ1v) is 8.13. The standard InChI is InChI=1S/C20H22N2O5/c1-13(23)21-16-8-7-15(12-18(16)26-3)22-20(24)10-6-14-5-9-17(25-2)19(11-14)27-4/h5-12H,1-4H3,(H,21,23)(H,22,24)/b10-6+. The summed E-state index contributed by atoms with van der Waals surface area (Å²) in [6.45, 7) is 1.41. The quantitative estimate of drug-likeness (QED) is 0.730. The van der Waals surface area contributed by atoms with Crippen LogP contribution in [0.2, 0.25) is 0 Å². The number of carbonyl (C=O) groups excluding carboxylic acids is 2. The number of rotatable bonds is 7. The average Bonchev–Trinajstić information content (AvgIpc) is 2.66. The second kappa shape index (κ2) is 9.28. The molecular weight excluding hydrogens is 348 g/mol. The van der Waals surface area contributed by atoms with Gasteiger partial charge in [-0.3, -0.25) is 9.59 Å². The van der Waals surface area contributed by atoms with Crippen molar-refractivity contribution in [2.24, 2.45) is 0 Å². The Labute approximate surface area is 157 Å². The Morgan fingerprint density at radius 3 is 2.19 bits per heavy atom. The molecule has 0 unspecified atom stereocenters. The normalized spacial score (nSPS) is 10.4. The highest BCUT2D eigenvalue weighted by Gasteiger charge is 2.07. The van der Waals surface area contributed by atoms with Crippen molar-refractivity contribution in [3.63, 3.8) is 0 Å². The van der Waals surface area contributed by atoms with Crippen LogP contribution in [-0.2, 0) is 9.59 Å². The third-order valence-corrected chi connectivity index (χ3v) is 3.61. The van der Waals surface area contributed by atoms with E-state index in [1.54, 1.807) is 50.6 Å². The fourth-order valence-electron chi connectivity index (χ4n) is 2.37. The SMILES string of the molecule is COc1cc(NC(=O)/C=C/c2ccc(OC)c(OC)c2)ccc1NC(C)=O. The summed E-state index contributed by atoms with van der Waals surface area (Å²) in [6, 6.07) is 10.3. The Morgan fingerprint density at radius 2 is 1.56 bits per heavy atom. The molecule has 142 valence electrons. The van der Waals surface area contributed by atoms with Gasteiger partial charge in [-0.25, -0.2) is 0 Å². The number of nitrogens with one attached hydrogen (secondary N) is 2. The highest BCUT2D eigenvalue weighted by atomic mass is 16.5. The smallest absolute Gasteiger partial charge is 0.248 e. The van der Waals surface area contributed by atoms with Crippen LogP contribution in [0.5, 0.6) is 17.2 Å². The van der Waals surface area contributed by atoms with Crippen LogP contribution in [0, 0.1) is 0 Å². The lowest BCUT2D eigenvalue weighted by Gasteiger charge is -2.11. The maximum Gasteiger partial charge on any atom is 0.248 e. The minimum atomic E-state index is -0.306. The Kier molecular flexibility index (Phi) is 6.82. The molecule has 0 radical (unpaired) electrons. The van der Waals surface area contributed by atoms with Gasteiger partial charge in [0.2, 0.25) is 11.8 Å². The van der Waals surface area contributed by atoms with Crippen LogP contribution in [0.15, 0.2) is 42.5 Å². The lowest BCUT2D eigenvalue weighted by atomic mass is 10.2. The number of hydrogen-bond acceptors (Lipinski definition) is 5. The maximum absolute atomic E-state index is 12.2. The summed E-state index contributed by atoms with van der Waals surface area (Å²) in [4.78, 5) is 23.3. The molecule has 2 aromatic carbocycles. The summed E-state index contributed by atoms with van der Waals surface area (Å²) < 4.78 is 15.7. The van der Waals surface area contributed by atoms with Crippen LogP contribution in [0.1, 0.15) is 12.5 Å². The van der Waals surface area contributed by atoms with E-state index in [9.17, 15) is 9.59 Å². The van der Waals surface area contributed by atoms with Gasteiger partial charge in [0.15, 0.2) is 11.5 Å². The van der Waals surface area contributed by atoms with Crippen molar-refractivity contribution in [1.29, 1.82) is 0 Å². The zero-order chi connectivity index (χ0) is 19.8. The molecular formula is C20H22N2O5. The largest absolute Gasteiger partial charge is 0.494 e. The number of ether oxygens (including phenoxy) is 3. The van der Waals surface area contributed by atoms with Gasteiger partial charge in [0, 0.05) is 24.8 Å². The molecule has 7 heteroatoms. The minimum Gasteiger partial charge on any atom is -0.494 e. The molecule has 0 aliphatic carbocycles. The van der Waals surface area contributed by atoms with E-state index in [-0.39, 0.29) is 11.8 Å². The van der Waals surface area contributed by atoms with E-state index in [1.165, 1.54) is 20.1 Å². The van der Waals surface area contributed by atoms with Crippen molar-refractivity contribution in [1.82, 2.24) is 0 Å². The summed E-state index contributed by atoms with van der Waals surface area (Å²) in [5, 5.41) is 5.40. The zero-order valence-electron chi connectivity index (χ0n) is 15.7. The Bertz CT molecular complexity index is 861. The minimum absolute atomic E-state index is 0.206. The van der Waals surface area contributed by atoms with Gasteiger partial charge in [-0.15, -0.1) is 0 Å². The number of carbonyl (C=O) groups is 2. The molecule has 0 aromatic heterocycles. The van der Waals surface area contributed by atoms with Gasteiger partial charge in [0.1, 0.15) is 5.75 Å². The van der Waals surface area contributed by atoms with E-state index in [1.807, 2.05) is 6.07 Å². The third kappa shape index (κ3) is 5.50. The first kappa shape index (κ1) is 19.8. The van der Waals surface area contributed by atoms with Gasteiger partial charge in [0.05, 0.1) is 27.0 Å². The molecule has 2 rings (SSSR count). The molecule has 7 nitrogen and oxygen atoms in total. The molecule has 0 saturated carbocycles. The molecule has 27 heavy (non-hydrogen) atoms. The lowest BCUT2D eigenvalue weighted by Crippen LogP contribution is -2.10. The van der Waals surface area contributed by atoms with Crippen molar-refractivity contribution < 1.29 is 23.8 Å². The van der Waals surface area contributed by atoms with Crippen molar-refractivity contribution >= 4 is 29.3 Å². The molecule has 0 aliphatic heterocycles. The predicted molar refractivity (Wildman–Crippen MR) is 105 cm³/mol. The van der Waals surface area contributed by atoms with E-state index in [2.05, 4.69) is 10.6 Å². The second-order valence-electron chi connectivity index (χ2n) is 5.53. The van der Waals surface area contributed by atoms with Gasteiger partial charge in [-0.1, -0.05) is 6.07 Å². The van der Waals surface area contributed by atoms with E-state index >= 15 is 0 Å². The summed E-state index contributed by atoms with van der Waals surface area (Å²) in [7, 11) is 4.60. The van der Waals surface area contributed by atoms with Crippen LogP contribution in [0.25, 0.3) is 6.08 Å². The molecule has 0 heterocycles. The molecule has 0 fully saturated rings. The molecule has 0 bridgehead atoms. The summed E-state index contributed by atoms with van der Waals surface area (Å²) in [5.74, 6) is 1.14. The van der Waals surface area contributed by atoms with Gasteiger partial charge >= 0.3 is 0 Å². The van der Waals surface area contributed by atoms with Gasteiger partial charge in [0.25, 0.3) is 0 Å². The summed E-state index contributed by atoms with van der Waals surface area (Å²) >= 11 is 0. The highest BCUT2D eigenvalue weighted by molar-refractivity contribution is 6.02. The molecule has 0 atom stereocenters. The van der Waals surface area contributed by atoms with E-state index in [4.69, 9.17) is 14.2 Å². The fourth-order valence-corrected chi connectivity index (χ4v) is 2.37. The van der Waals surface area contributed by atoms with Gasteiger partial charge in [-0.05, 0) is 35.9 Å². The first-order chi connectivity index (χ1) is 13.0. The van der Waals surface area contributed by atoms with Gasteiger partial charge in [-0.2, -0.15) is 0 Å². The summed E-state index contributed by atoms with van der Waals surface area (Å²) in [5.41, 5.74) is 1.87.